The van der Waals surface area contributed by atoms with Crippen LogP contribution in [0.15, 0.2) is 16.6 Å². The van der Waals surface area contributed by atoms with E-state index in [-0.39, 0.29) is 24.5 Å². The predicted octanol–water partition coefficient (Wildman–Crippen LogP) is 4.76. The third-order valence-corrected chi connectivity index (χ3v) is 9.13. The maximum atomic E-state index is 13.2. The summed E-state index contributed by atoms with van der Waals surface area (Å²) in [4.78, 5) is 30.8. The monoisotopic (exact) mass is 415 g/mol. The Morgan fingerprint density at radius 2 is 2.10 bits per heavy atom. The second-order valence-corrected chi connectivity index (χ2v) is 10.6. The van der Waals surface area contributed by atoms with Gasteiger partial charge in [0.2, 0.25) is 0 Å². The van der Waals surface area contributed by atoms with E-state index in [1.807, 2.05) is 6.21 Å². The number of carbonyl (C=O) groups is 2. The van der Waals surface area contributed by atoms with Crippen molar-refractivity contribution in [3.05, 3.63) is 11.6 Å². The van der Waals surface area contributed by atoms with Crippen LogP contribution in [0.3, 0.4) is 0 Å². The number of carboxylic acid groups (broad SMARTS) is 1. The molecule has 0 saturated heterocycles. The lowest BCUT2D eigenvalue weighted by molar-refractivity contribution is -0.173. The fourth-order valence-electron chi connectivity index (χ4n) is 8.05. The van der Waals surface area contributed by atoms with Crippen LogP contribution in [0.4, 0.5) is 0 Å². The van der Waals surface area contributed by atoms with Crippen molar-refractivity contribution < 1.29 is 19.4 Å². The Bertz CT molecular complexity index is 773. The molecular weight excluding hydrogens is 378 g/mol. The highest BCUT2D eigenvalue weighted by molar-refractivity contribution is 5.96. The number of hydrogen-bond acceptors (Lipinski definition) is 4. The molecule has 4 aliphatic carbocycles. The molecule has 4 bridgehead atoms. The Morgan fingerprint density at radius 1 is 1.33 bits per heavy atom. The van der Waals surface area contributed by atoms with E-state index in [0.29, 0.717) is 24.9 Å². The van der Waals surface area contributed by atoms with Crippen LogP contribution < -0.4 is 0 Å². The molecule has 3 saturated carbocycles. The maximum absolute atomic E-state index is 13.2. The summed E-state index contributed by atoms with van der Waals surface area (Å²) in [5.74, 6) is 0.402. The van der Waals surface area contributed by atoms with E-state index >= 15 is 0 Å². The minimum Gasteiger partial charge on any atom is -0.481 e. The molecule has 4 aliphatic rings. The van der Waals surface area contributed by atoms with Crippen molar-refractivity contribution in [3.63, 3.8) is 0 Å². The Labute approximate surface area is 180 Å². The number of ether oxygens (including phenoxy) is 1. The van der Waals surface area contributed by atoms with Crippen LogP contribution >= 0.6 is 0 Å². The second kappa shape index (κ2) is 7.58. The van der Waals surface area contributed by atoms with Crippen LogP contribution in [0.25, 0.3) is 0 Å². The molecular formula is C25H37NO4. The van der Waals surface area contributed by atoms with Gasteiger partial charge >= 0.3 is 5.97 Å². The summed E-state index contributed by atoms with van der Waals surface area (Å²) >= 11 is 0. The molecule has 0 aromatic heterocycles. The van der Waals surface area contributed by atoms with E-state index in [1.165, 1.54) is 0 Å². The van der Waals surface area contributed by atoms with Crippen LogP contribution in [0, 0.1) is 45.8 Å². The van der Waals surface area contributed by atoms with E-state index < -0.39 is 22.2 Å². The van der Waals surface area contributed by atoms with Crippen molar-refractivity contribution in [1.29, 1.82) is 0 Å². The van der Waals surface area contributed by atoms with Gasteiger partial charge in [0.05, 0.1) is 5.41 Å². The Kier molecular flexibility index (Phi) is 5.49. The lowest BCUT2D eigenvalue weighted by Crippen LogP contribution is -2.63. The van der Waals surface area contributed by atoms with Crippen molar-refractivity contribution in [2.24, 2.45) is 50.8 Å². The fraction of sp³-hybridized carbons (Fsp3) is 0.800. The number of aliphatic carboxylic acids is 1. The number of unbranched alkanes of at least 4 members (excludes halogenated alkanes) is 1. The maximum Gasteiger partial charge on any atom is 0.315 e. The third kappa shape index (κ3) is 2.47. The van der Waals surface area contributed by atoms with Crippen LogP contribution in [-0.4, -0.2) is 36.9 Å². The van der Waals surface area contributed by atoms with E-state index in [1.54, 1.807) is 0 Å². The third-order valence-electron chi connectivity index (χ3n) is 9.13. The number of nitrogens with zero attached hydrogens (tertiary/aromatic N) is 1. The lowest BCUT2D eigenvalue weighted by atomic mass is 9.43. The summed E-state index contributed by atoms with van der Waals surface area (Å²) in [6, 6.07) is 0. The number of carbonyl (C=O) groups excluding carboxylic acids is 1. The molecule has 0 amide bonds. The lowest BCUT2D eigenvalue weighted by Gasteiger charge is -2.57. The first kappa shape index (κ1) is 21.7. The highest BCUT2D eigenvalue weighted by atomic mass is 16.5. The van der Waals surface area contributed by atoms with Crippen molar-refractivity contribution in [2.75, 3.05) is 13.3 Å². The van der Waals surface area contributed by atoms with Crippen LogP contribution in [0.2, 0.25) is 0 Å². The molecule has 30 heavy (non-hydrogen) atoms. The summed E-state index contributed by atoms with van der Waals surface area (Å²) in [6.45, 7) is 9.47. The first-order chi connectivity index (χ1) is 14.3. The van der Waals surface area contributed by atoms with Crippen molar-refractivity contribution in [3.8, 4) is 0 Å². The van der Waals surface area contributed by atoms with Crippen LogP contribution in [-0.2, 0) is 14.3 Å². The van der Waals surface area contributed by atoms with E-state index in [4.69, 9.17) is 4.74 Å². The van der Waals surface area contributed by atoms with Gasteiger partial charge in [0.1, 0.15) is 18.4 Å². The Hall–Kier alpha value is -1.49. The van der Waals surface area contributed by atoms with Crippen molar-refractivity contribution in [2.45, 2.75) is 66.2 Å². The molecule has 3 fully saturated rings. The Morgan fingerprint density at radius 3 is 2.73 bits per heavy atom. The van der Waals surface area contributed by atoms with Gasteiger partial charge in [-0.25, -0.2) is 0 Å². The molecule has 7 atom stereocenters. The molecule has 0 radical (unpaired) electrons. The summed E-state index contributed by atoms with van der Waals surface area (Å²) in [5.41, 5.74) is -1.65. The highest BCUT2D eigenvalue weighted by Gasteiger charge is 2.84. The fourth-order valence-corrected chi connectivity index (χ4v) is 8.05. The number of fused-ring (bicyclic) bond motifs is 2. The van der Waals surface area contributed by atoms with Gasteiger partial charge in [-0.3, -0.25) is 9.79 Å². The largest absolute Gasteiger partial charge is 0.481 e. The van der Waals surface area contributed by atoms with Crippen LogP contribution in [0.1, 0.15) is 66.2 Å². The zero-order valence-electron chi connectivity index (χ0n) is 18.9. The molecule has 0 aromatic rings. The van der Waals surface area contributed by atoms with Crippen LogP contribution in [0.5, 0.6) is 0 Å². The highest BCUT2D eigenvalue weighted by Crippen LogP contribution is 2.82. The van der Waals surface area contributed by atoms with Gasteiger partial charge in [0.15, 0.2) is 0 Å². The number of aliphatic imine (C=N–C) groups is 1. The molecule has 5 heteroatoms. The summed E-state index contributed by atoms with van der Waals surface area (Å²) in [5, 5.41) is 10.8. The summed E-state index contributed by atoms with van der Waals surface area (Å²) < 4.78 is 5.65. The van der Waals surface area contributed by atoms with Gasteiger partial charge in [0.25, 0.3) is 0 Å². The summed E-state index contributed by atoms with van der Waals surface area (Å²) in [7, 11) is 0. The SMILES string of the molecule is CCCCOC/N=C/C12CC3C(C)CCC3C3(C=O)CC1C=C(C(C)C)C32C(=O)O. The zero-order valence-corrected chi connectivity index (χ0v) is 18.9. The molecule has 4 rings (SSSR count). The van der Waals surface area contributed by atoms with Gasteiger partial charge in [0, 0.05) is 18.2 Å². The number of allylic oxidation sites excluding steroid dienone is 1. The molecule has 0 heterocycles. The Balaban J connectivity index is 1.82. The van der Waals surface area contributed by atoms with Gasteiger partial charge in [-0.2, -0.15) is 0 Å². The number of aldehydes is 1. The molecule has 5 nitrogen and oxygen atoms in total. The van der Waals surface area contributed by atoms with E-state index in [2.05, 4.69) is 38.8 Å². The molecule has 0 spiro atoms. The normalized spacial score (nSPS) is 44.0. The number of carboxylic acids is 1. The zero-order chi connectivity index (χ0) is 21.7. The number of rotatable bonds is 9. The predicted molar refractivity (Wildman–Crippen MR) is 116 cm³/mol. The minimum atomic E-state index is -1.17. The smallest absolute Gasteiger partial charge is 0.315 e. The van der Waals surface area contributed by atoms with Gasteiger partial charge in [-0.1, -0.05) is 52.2 Å². The van der Waals surface area contributed by atoms with E-state index in [9.17, 15) is 14.7 Å². The second-order valence-electron chi connectivity index (χ2n) is 10.6. The molecule has 0 aliphatic heterocycles. The molecule has 166 valence electrons. The van der Waals surface area contributed by atoms with E-state index in [0.717, 1.165) is 44.0 Å². The van der Waals surface area contributed by atoms with Gasteiger partial charge in [-0.05, 0) is 55.3 Å². The van der Waals surface area contributed by atoms with Crippen molar-refractivity contribution >= 4 is 18.5 Å². The molecule has 1 N–H and O–H groups in total. The summed E-state index contributed by atoms with van der Waals surface area (Å²) in [6.07, 6.45) is 10.8. The van der Waals surface area contributed by atoms with Crippen molar-refractivity contribution in [1.82, 2.24) is 0 Å². The minimum absolute atomic E-state index is 0.0633. The number of hydrogen-bond donors (Lipinski definition) is 1. The quantitative estimate of drug-likeness (QED) is 0.255. The van der Waals surface area contributed by atoms with Gasteiger partial charge in [-0.15, -0.1) is 0 Å². The average Bonchev–Trinajstić information content (AvgIpc) is 3.27. The average molecular weight is 416 g/mol. The molecule has 7 unspecified atom stereocenters. The first-order valence-electron chi connectivity index (χ1n) is 11.8. The van der Waals surface area contributed by atoms with Gasteiger partial charge < -0.3 is 14.6 Å². The first-order valence-corrected chi connectivity index (χ1v) is 11.8. The molecule has 0 aromatic carbocycles. The topological polar surface area (TPSA) is 76.0 Å². The standard InChI is InChI=1S/C25H37NO4/c1-5-6-9-30-15-26-13-23-12-19-17(4)7-8-20(19)24(14-27)11-18(23)10-21(16(2)3)25(23,24)22(28)29/h10,13-14,16-20H,5-9,11-12,15H2,1-4H3,(H,28,29)/b26-13+.